The number of benzene rings is 1. The van der Waals surface area contributed by atoms with Crippen LogP contribution in [0.3, 0.4) is 0 Å². The Bertz CT molecular complexity index is 685. The van der Waals surface area contributed by atoms with E-state index in [1.807, 2.05) is 12.3 Å². The Morgan fingerprint density at radius 2 is 1.83 bits per heavy atom. The lowest BCUT2D eigenvalue weighted by atomic mass is 10.0. The molecule has 1 atom stereocenters. The first-order valence-electron chi connectivity index (χ1n) is 10.3. The van der Waals surface area contributed by atoms with Crippen LogP contribution in [-0.4, -0.2) is 57.0 Å². The highest BCUT2D eigenvalue weighted by molar-refractivity contribution is 7.98. The molecule has 170 valence electrons. The monoisotopic (exact) mass is 455 g/mol. The molecular formula is C22H37NO5SSi. The zero-order valence-electron chi connectivity index (χ0n) is 19.4. The molecule has 0 spiro atoms. The topological polar surface area (TPSA) is 73.9 Å². The highest BCUT2D eigenvalue weighted by atomic mass is 32.2. The lowest BCUT2D eigenvalue weighted by Gasteiger charge is -2.23. The van der Waals surface area contributed by atoms with Crippen molar-refractivity contribution in [2.24, 2.45) is 0 Å². The molecule has 30 heavy (non-hydrogen) atoms. The SMILES string of the molecule is CSCC[C@H](NC(=O)OC(C)(C)C)C(=O)c1ccccc1OCOCC[Si](C)(C)C. The van der Waals surface area contributed by atoms with Gasteiger partial charge in [0.1, 0.15) is 11.4 Å². The normalized spacial score (nSPS) is 12.9. The summed E-state index contributed by atoms with van der Waals surface area (Å²) in [6.45, 7) is 13.0. The van der Waals surface area contributed by atoms with Crippen molar-refractivity contribution in [2.45, 2.75) is 64.5 Å². The van der Waals surface area contributed by atoms with Gasteiger partial charge in [-0.1, -0.05) is 31.8 Å². The molecule has 6 nitrogen and oxygen atoms in total. The van der Waals surface area contributed by atoms with Crippen LogP contribution in [0.2, 0.25) is 25.7 Å². The number of rotatable bonds is 12. The van der Waals surface area contributed by atoms with E-state index >= 15 is 0 Å². The molecule has 0 aliphatic rings. The van der Waals surface area contributed by atoms with E-state index in [1.165, 1.54) is 0 Å². The summed E-state index contributed by atoms with van der Waals surface area (Å²) >= 11 is 1.62. The molecule has 0 saturated carbocycles. The lowest BCUT2D eigenvalue weighted by Crippen LogP contribution is -2.44. The Balaban J connectivity index is 2.82. The van der Waals surface area contributed by atoms with E-state index in [2.05, 4.69) is 25.0 Å². The standard InChI is InChI=1S/C22H37NO5SSi/c1-22(2,3)28-21(25)23-18(12-14-29-4)20(24)17-10-8-9-11-19(17)27-16-26-13-15-30(5,6)7/h8-11,18H,12-16H2,1-7H3,(H,23,25)/t18-/m0/s1. The molecule has 0 fully saturated rings. The van der Waals surface area contributed by atoms with E-state index in [-0.39, 0.29) is 12.6 Å². The first-order valence-corrected chi connectivity index (χ1v) is 15.4. The van der Waals surface area contributed by atoms with Crippen LogP contribution in [0.5, 0.6) is 5.75 Å². The van der Waals surface area contributed by atoms with Gasteiger partial charge in [-0.05, 0) is 57.4 Å². The van der Waals surface area contributed by atoms with E-state index < -0.39 is 25.8 Å². The van der Waals surface area contributed by atoms with Crippen LogP contribution in [0.25, 0.3) is 0 Å². The van der Waals surface area contributed by atoms with Crippen LogP contribution in [0, 0.1) is 0 Å². The minimum Gasteiger partial charge on any atom is -0.467 e. The molecule has 0 radical (unpaired) electrons. The van der Waals surface area contributed by atoms with Gasteiger partial charge >= 0.3 is 6.09 Å². The Kier molecular flexibility index (Phi) is 10.9. The highest BCUT2D eigenvalue weighted by Gasteiger charge is 2.27. The van der Waals surface area contributed by atoms with Crippen LogP contribution in [0.15, 0.2) is 24.3 Å². The third-order valence-electron chi connectivity index (χ3n) is 4.06. The summed E-state index contributed by atoms with van der Waals surface area (Å²) in [5.74, 6) is 0.984. The average Bonchev–Trinajstić information content (AvgIpc) is 2.62. The number of ketones is 1. The van der Waals surface area contributed by atoms with Crippen LogP contribution >= 0.6 is 11.8 Å². The molecule has 0 aliphatic heterocycles. The summed E-state index contributed by atoms with van der Waals surface area (Å²) in [7, 11) is -1.16. The number of amides is 1. The average molecular weight is 456 g/mol. The van der Waals surface area contributed by atoms with Crippen molar-refractivity contribution in [1.29, 1.82) is 0 Å². The van der Waals surface area contributed by atoms with Crippen LogP contribution < -0.4 is 10.1 Å². The van der Waals surface area contributed by atoms with Crippen molar-refractivity contribution in [2.75, 3.05) is 25.4 Å². The molecule has 1 amide bonds. The molecule has 0 bridgehead atoms. The summed E-state index contributed by atoms with van der Waals surface area (Å²) in [4.78, 5) is 25.4. The van der Waals surface area contributed by atoms with Gasteiger partial charge in [-0.3, -0.25) is 4.79 Å². The Hall–Kier alpha value is -1.51. The number of para-hydroxylation sites is 1. The smallest absolute Gasteiger partial charge is 0.408 e. The molecule has 0 aliphatic carbocycles. The molecule has 1 N–H and O–H groups in total. The number of alkyl carbamates (subject to hydrolysis) is 1. The van der Waals surface area contributed by atoms with Gasteiger partial charge in [0.05, 0.1) is 11.6 Å². The quantitative estimate of drug-likeness (QED) is 0.202. The number of carbonyl (C=O) groups is 2. The van der Waals surface area contributed by atoms with Crippen LogP contribution in [0.1, 0.15) is 37.6 Å². The first-order chi connectivity index (χ1) is 13.9. The van der Waals surface area contributed by atoms with Crippen molar-refractivity contribution in [3.63, 3.8) is 0 Å². The molecule has 0 unspecified atom stereocenters. The molecular weight excluding hydrogens is 418 g/mol. The number of thioether (sulfide) groups is 1. The maximum atomic E-state index is 13.2. The van der Waals surface area contributed by atoms with Crippen molar-refractivity contribution >= 4 is 31.7 Å². The van der Waals surface area contributed by atoms with Crippen molar-refractivity contribution in [3.05, 3.63) is 29.8 Å². The number of carbonyl (C=O) groups excluding carboxylic acids is 2. The van der Waals surface area contributed by atoms with Gasteiger partial charge < -0.3 is 19.5 Å². The third kappa shape index (κ3) is 11.0. The maximum absolute atomic E-state index is 13.2. The Morgan fingerprint density at radius 3 is 2.43 bits per heavy atom. The highest BCUT2D eigenvalue weighted by Crippen LogP contribution is 2.22. The largest absolute Gasteiger partial charge is 0.467 e. The summed E-state index contributed by atoms with van der Waals surface area (Å²) < 4.78 is 16.7. The second kappa shape index (κ2) is 12.4. The molecule has 0 saturated heterocycles. The molecule has 0 heterocycles. The van der Waals surface area contributed by atoms with Gasteiger partial charge in [-0.25, -0.2) is 4.79 Å². The van der Waals surface area contributed by atoms with Crippen LogP contribution in [-0.2, 0) is 9.47 Å². The van der Waals surface area contributed by atoms with Crippen molar-refractivity contribution in [3.8, 4) is 5.75 Å². The summed E-state index contributed by atoms with van der Waals surface area (Å²) in [6, 6.07) is 7.41. The van der Waals surface area contributed by atoms with E-state index in [0.29, 0.717) is 24.3 Å². The van der Waals surface area contributed by atoms with Gasteiger partial charge in [-0.2, -0.15) is 11.8 Å². The Morgan fingerprint density at radius 1 is 1.17 bits per heavy atom. The minimum absolute atomic E-state index is 0.0870. The predicted molar refractivity (Wildman–Crippen MR) is 127 cm³/mol. The van der Waals surface area contributed by atoms with E-state index in [1.54, 1.807) is 50.7 Å². The number of nitrogens with one attached hydrogen (secondary N) is 1. The molecule has 0 aromatic heterocycles. The molecule has 8 heteroatoms. The third-order valence-corrected chi connectivity index (χ3v) is 6.41. The zero-order valence-corrected chi connectivity index (χ0v) is 21.2. The summed E-state index contributed by atoms with van der Waals surface area (Å²) in [5.41, 5.74) is -0.209. The minimum atomic E-state index is -1.16. The fraction of sp³-hybridized carbons (Fsp3) is 0.636. The predicted octanol–water partition coefficient (Wildman–Crippen LogP) is 5.21. The maximum Gasteiger partial charge on any atom is 0.408 e. The Labute approximate surface area is 186 Å². The second-order valence-corrected chi connectivity index (χ2v) is 15.9. The van der Waals surface area contributed by atoms with Gasteiger partial charge in [0.25, 0.3) is 0 Å². The first kappa shape index (κ1) is 26.5. The van der Waals surface area contributed by atoms with Gasteiger partial charge in [0, 0.05) is 14.7 Å². The van der Waals surface area contributed by atoms with E-state index in [9.17, 15) is 9.59 Å². The molecule has 1 aromatic rings. The molecule has 1 rings (SSSR count). The fourth-order valence-corrected chi connectivity index (χ4v) is 3.71. The van der Waals surface area contributed by atoms with E-state index in [4.69, 9.17) is 14.2 Å². The number of Topliss-reactive ketones (excluding diaryl/α,β-unsaturated/α-hetero) is 1. The van der Waals surface area contributed by atoms with Gasteiger partial charge in [0.15, 0.2) is 12.6 Å². The summed E-state index contributed by atoms with van der Waals surface area (Å²) in [5, 5.41) is 2.72. The number of hydrogen-bond acceptors (Lipinski definition) is 6. The lowest BCUT2D eigenvalue weighted by molar-refractivity contribution is 0.0214. The van der Waals surface area contributed by atoms with Gasteiger partial charge in [0.2, 0.25) is 0 Å². The van der Waals surface area contributed by atoms with E-state index in [0.717, 1.165) is 11.8 Å². The number of ether oxygens (including phenoxy) is 3. The van der Waals surface area contributed by atoms with Crippen molar-refractivity contribution in [1.82, 2.24) is 5.32 Å². The number of hydrogen-bond donors (Lipinski definition) is 1. The summed E-state index contributed by atoms with van der Waals surface area (Å²) in [6.07, 6.45) is 1.86. The van der Waals surface area contributed by atoms with Crippen LogP contribution in [0.4, 0.5) is 4.79 Å². The second-order valence-electron chi connectivity index (χ2n) is 9.32. The molecule has 1 aromatic carbocycles. The fourth-order valence-electron chi connectivity index (χ4n) is 2.48. The zero-order chi connectivity index (χ0) is 22.8. The van der Waals surface area contributed by atoms with Crippen molar-refractivity contribution < 1.29 is 23.8 Å². The van der Waals surface area contributed by atoms with Gasteiger partial charge in [-0.15, -0.1) is 0 Å².